The number of benzene rings is 3. The monoisotopic (exact) mass is 300 g/mol. The second-order valence-electron chi connectivity index (χ2n) is 6.79. The lowest BCUT2D eigenvalue weighted by molar-refractivity contribution is 0.117. The van der Waals surface area contributed by atoms with Gasteiger partial charge in [-0.3, -0.25) is 0 Å². The van der Waals surface area contributed by atoms with Crippen LogP contribution in [0.15, 0.2) is 78.9 Å². The van der Waals surface area contributed by atoms with Gasteiger partial charge in [0.15, 0.2) is 0 Å². The minimum Gasteiger partial charge on any atom is -0.376 e. The SMILES string of the molecule is CC1(C)c2ccccc2C(O)(c2ccccc2)c2ccccc21. The Morgan fingerprint density at radius 3 is 1.43 bits per heavy atom. The van der Waals surface area contributed by atoms with Gasteiger partial charge in [-0.2, -0.15) is 0 Å². The second-order valence-corrected chi connectivity index (χ2v) is 6.79. The summed E-state index contributed by atoms with van der Waals surface area (Å²) in [5.41, 5.74) is 4.01. The molecule has 0 unspecified atom stereocenters. The van der Waals surface area contributed by atoms with Gasteiger partial charge in [-0.05, 0) is 27.8 Å². The third-order valence-electron chi connectivity index (χ3n) is 5.17. The smallest absolute Gasteiger partial charge is 0.141 e. The van der Waals surface area contributed by atoms with E-state index in [0.29, 0.717) is 0 Å². The molecule has 3 aromatic rings. The number of fused-ring (bicyclic) bond motifs is 2. The summed E-state index contributed by atoms with van der Waals surface area (Å²) in [6, 6.07) is 26.5. The molecule has 0 bridgehead atoms. The zero-order valence-corrected chi connectivity index (χ0v) is 13.5. The minimum atomic E-state index is -1.11. The van der Waals surface area contributed by atoms with Crippen LogP contribution in [0, 0.1) is 0 Å². The van der Waals surface area contributed by atoms with E-state index in [2.05, 4.69) is 50.2 Å². The van der Waals surface area contributed by atoms with E-state index in [9.17, 15) is 5.11 Å². The molecular weight excluding hydrogens is 280 g/mol. The molecular formula is C22H20O. The first-order chi connectivity index (χ1) is 11.1. The zero-order chi connectivity index (χ0) is 16.1. The van der Waals surface area contributed by atoms with Crippen molar-refractivity contribution in [1.82, 2.24) is 0 Å². The van der Waals surface area contributed by atoms with Gasteiger partial charge in [0.05, 0.1) is 0 Å². The Hall–Kier alpha value is -2.38. The van der Waals surface area contributed by atoms with Crippen LogP contribution in [-0.2, 0) is 11.0 Å². The van der Waals surface area contributed by atoms with Crippen molar-refractivity contribution in [1.29, 1.82) is 0 Å². The van der Waals surface area contributed by atoms with E-state index < -0.39 is 5.60 Å². The van der Waals surface area contributed by atoms with E-state index in [1.165, 1.54) is 11.1 Å². The molecule has 4 rings (SSSR count). The standard InChI is InChI=1S/C22H20O/c1-21(2)17-12-6-8-14-19(17)22(23,16-10-4-3-5-11-16)20-15-9-7-13-18(20)21/h3-15,23H,1-2H3. The van der Waals surface area contributed by atoms with Gasteiger partial charge < -0.3 is 5.11 Å². The number of hydrogen-bond donors (Lipinski definition) is 1. The lowest BCUT2D eigenvalue weighted by Gasteiger charge is -2.44. The lowest BCUT2D eigenvalue weighted by Crippen LogP contribution is -2.40. The first kappa shape index (κ1) is 14.2. The van der Waals surface area contributed by atoms with E-state index in [4.69, 9.17) is 0 Å². The highest BCUT2D eigenvalue weighted by Gasteiger charge is 2.46. The molecule has 3 aromatic carbocycles. The first-order valence-corrected chi connectivity index (χ1v) is 8.04. The van der Waals surface area contributed by atoms with Crippen LogP contribution in [0.3, 0.4) is 0 Å². The summed E-state index contributed by atoms with van der Waals surface area (Å²) >= 11 is 0. The predicted molar refractivity (Wildman–Crippen MR) is 93.6 cm³/mol. The maximum atomic E-state index is 11.9. The molecule has 1 aliphatic rings. The Kier molecular flexibility index (Phi) is 2.97. The van der Waals surface area contributed by atoms with Crippen LogP contribution in [0.25, 0.3) is 0 Å². The predicted octanol–water partition coefficient (Wildman–Crippen LogP) is 4.61. The van der Waals surface area contributed by atoms with Gasteiger partial charge in [0.1, 0.15) is 5.60 Å². The average molecular weight is 300 g/mol. The van der Waals surface area contributed by atoms with E-state index >= 15 is 0 Å². The summed E-state index contributed by atoms with van der Waals surface area (Å²) < 4.78 is 0. The topological polar surface area (TPSA) is 20.2 Å². The average Bonchev–Trinajstić information content (AvgIpc) is 2.61. The molecule has 0 amide bonds. The van der Waals surface area contributed by atoms with Gasteiger partial charge in [-0.1, -0.05) is 92.7 Å². The molecule has 0 radical (unpaired) electrons. The normalized spacial score (nSPS) is 17.2. The molecule has 0 saturated heterocycles. The Morgan fingerprint density at radius 2 is 0.957 bits per heavy atom. The number of hydrogen-bond acceptors (Lipinski definition) is 1. The minimum absolute atomic E-state index is 0.131. The molecule has 0 saturated carbocycles. The molecule has 0 heterocycles. The van der Waals surface area contributed by atoms with Crippen LogP contribution in [0.2, 0.25) is 0 Å². The molecule has 0 spiro atoms. The zero-order valence-electron chi connectivity index (χ0n) is 13.5. The van der Waals surface area contributed by atoms with Crippen molar-refractivity contribution in [3.8, 4) is 0 Å². The third kappa shape index (κ3) is 1.83. The highest BCUT2D eigenvalue weighted by molar-refractivity contribution is 5.61. The van der Waals surface area contributed by atoms with Crippen molar-refractivity contribution < 1.29 is 5.11 Å². The molecule has 114 valence electrons. The molecule has 0 aliphatic heterocycles. The lowest BCUT2D eigenvalue weighted by atomic mass is 9.62. The molecule has 23 heavy (non-hydrogen) atoms. The summed E-state index contributed by atoms with van der Waals surface area (Å²) in [5.74, 6) is 0. The molecule has 0 aromatic heterocycles. The van der Waals surface area contributed by atoms with Crippen LogP contribution in [0.4, 0.5) is 0 Å². The highest BCUT2D eigenvalue weighted by Crippen LogP contribution is 2.51. The van der Waals surface area contributed by atoms with Crippen molar-refractivity contribution in [3.63, 3.8) is 0 Å². The van der Waals surface area contributed by atoms with Gasteiger partial charge in [-0.25, -0.2) is 0 Å². The molecule has 1 heteroatoms. The Labute approximate surface area is 137 Å². The maximum Gasteiger partial charge on any atom is 0.141 e. The summed E-state index contributed by atoms with van der Waals surface area (Å²) in [7, 11) is 0. The van der Waals surface area contributed by atoms with E-state index in [-0.39, 0.29) is 5.41 Å². The fraction of sp³-hybridized carbons (Fsp3) is 0.182. The highest BCUT2D eigenvalue weighted by atomic mass is 16.3. The van der Waals surface area contributed by atoms with Crippen LogP contribution in [0.1, 0.15) is 41.7 Å². The van der Waals surface area contributed by atoms with Crippen molar-refractivity contribution >= 4 is 0 Å². The van der Waals surface area contributed by atoms with Crippen LogP contribution < -0.4 is 0 Å². The van der Waals surface area contributed by atoms with Crippen LogP contribution >= 0.6 is 0 Å². The molecule has 1 nitrogen and oxygen atoms in total. The second kappa shape index (κ2) is 4.81. The van der Waals surface area contributed by atoms with Crippen molar-refractivity contribution in [2.24, 2.45) is 0 Å². The Morgan fingerprint density at radius 1 is 0.565 bits per heavy atom. The fourth-order valence-electron chi connectivity index (χ4n) is 3.97. The Bertz CT molecular complexity index is 812. The molecule has 1 aliphatic carbocycles. The van der Waals surface area contributed by atoms with Crippen molar-refractivity contribution in [2.45, 2.75) is 24.9 Å². The summed E-state index contributed by atoms with van der Waals surface area (Å²) in [5, 5.41) is 11.9. The van der Waals surface area contributed by atoms with Gasteiger partial charge >= 0.3 is 0 Å². The third-order valence-corrected chi connectivity index (χ3v) is 5.17. The van der Waals surface area contributed by atoms with E-state index in [0.717, 1.165) is 16.7 Å². The fourth-order valence-corrected chi connectivity index (χ4v) is 3.97. The summed E-state index contributed by atoms with van der Waals surface area (Å²) in [4.78, 5) is 0. The van der Waals surface area contributed by atoms with Crippen LogP contribution in [-0.4, -0.2) is 5.11 Å². The number of rotatable bonds is 1. The van der Waals surface area contributed by atoms with Gasteiger partial charge in [0.2, 0.25) is 0 Å². The summed E-state index contributed by atoms with van der Waals surface area (Å²) in [6.07, 6.45) is 0. The number of aliphatic hydroxyl groups is 1. The maximum absolute atomic E-state index is 11.9. The van der Waals surface area contributed by atoms with E-state index in [1.54, 1.807) is 0 Å². The molecule has 1 N–H and O–H groups in total. The molecule has 0 atom stereocenters. The quantitative estimate of drug-likeness (QED) is 0.696. The molecule has 0 fully saturated rings. The van der Waals surface area contributed by atoms with Crippen LogP contribution in [0.5, 0.6) is 0 Å². The van der Waals surface area contributed by atoms with Crippen molar-refractivity contribution in [3.05, 3.63) is 107 Å². The van der Waals surface area contributed by atoms with Gasteiger partial charge in [-0.15, -0.1) is 0 Å². The Balaban J connectivity index is 2.13. The van der Waals surface area contributed by atoms with Gasteiger partial charge in [0.25, 0.3) is 0 Å². The van der Waals surface area contributed by atoms with E-state index in [1.807, 2.05) is 42.5 Å². The first-order valence-electron chi connectivity index (χ1n) is 8.04. The van der Waals surface area contributed by atoms with Crippen molar-refractivity contribution in [2.75, 3.05) is 0 Å². The summed E-state index contributed by atoms with van der Waals surface area (Å²) in [6.45, 7) is 4.46. The largest absolute Gasteiger partial charge is 0.376 e. The van der Waals surface area contributed by atoms with Gasteiger partial charge in [0, 0.05) is 5.41 Å².